The zero-order valence-corrected chi connectivity index (χ0v) is 27.3. The summed E-state index contributed by atoms with van der Waals surface area (Å²) in [6.45, 7) is 12.8. The van der Waals surface area contributed by atoms with Gasteiger partial charge in [-0.05, 0) is 43.8 Å². The highest BCUT2D eigenvalue weighted by atomic mass is 35.5. The van der Waals surface area contributed by atoms with Gasteiger partial charge in [0.25, 0.3) is 5.56 Å². The number of carbonyl (C=O) groups excluding carboxylic acids is 1. The van der Waals surface area contributed by atoms with Gasteiger partial charge in [0.15, 0.2) is 0 Å². The molecule has 12 heteroatoms. The number of nitrogens with zero attached hydrogens (tertiary/aromatic N) is 4. The molecule has 0 saturated carbocycles. The van der Waals surface area contributed by atoms with E-state index in [2.05, 4.69) is 38.9 Å². The van der Waals surface area contributed by atoms with Gasteiger partial charge in [-0.1, -0.05) is 36.7 Å². The minimum atomic E-state index is -0.323. The van der Waals surface area contributed by atoms with Crippen LogP contribution in [0.2, 0.25) is 10.0 Å². The molecule has 2 aromatic carbocycles. The molecule has 0 unspecified atom stereocenters. The highest BCUT2D eigenvalue weighted by Gasteiger charge is 2.23. The number of piperazine rings is 1. The molecule has 10 nitrogen and oxygen atoms in total. The second-order valence-corrected chi connectivity index (χ2v) is 11.2. The summed E-state index contributed by atoms with van der Waals surface area (Å²) in [5.74, 6) is 0.842. The number of anilines is 4. The molecule has 2 N–H and O–H groups in total. The topological polar surface area (TPSA) is 101 Å². The molecule has 0 aliphatic carbocycles. The van der Waals surface area contributed by atoms with E-state index in [1.54, 1.807) is 29.0 Å². The number of halogens is 2. The number of amides is 1. The van der Waals surface area contributed by atoms with E-state index in [0.29, 0.717) is 57.3 Å². The monoisotopic (exact) mass is 650 g/mol. The second-order valence-electron chi connectivity index (χ2n) is 10.5. The lowest BCUT2D eigenvalue weighted by Gasteiger charge is -2.35. The van der Waals surface area contributed by atoms with Crippen molar-refractivity contribution in [3.63, 3.8) is 0 Å². The Kier molecular flexibility index (Phi) is 9.86. The highest BCUT2D eigenvalue weighted by Crippen LogP contribution is 2.45. The number of carbonyl (C=O) groups is 1. The molecular weight excluding hydrogens is 615 g/mol. The van der Waals surface area contributed by atoms with Crippen LogP contribution in [0.4, 0.5) is 22.9 Å². The van der Waals surface area contributed by atoms with Crippen molar-refractivity contribution < 1.29 is 14.3 Å². The third-order valence-corrected chi connectivity index (χ3v) is 8.78. The molecule has 45 heavy (non-hydrogen) atoms. The molecule has 5 rings (SSSR count). The van der Waals surface area contributed by atoms with Crippen molar-refractivity contribution in [1.29, 1.82) is 0 Å². The van der Waals surface area contributed by atoms with Crippen LogP contribution in [0.25, 0.3) is 22.0 Å². The van der Waals surface area contributed by atoms with E-state index in [9.17, 15) is 9.59 Å². The molecule has 0 spiro atoms. The molecule has 1 aliphatic rings. The van der Waals surface area contributed by atoms with E-state index in [-0.39, 0.29) is 21.5 Å². The Morgan fingerprint density at radius 2 is 1.67 bits per heavy atom. The average molecular weight is 652 g/mol. The fraction of sp³-hybridized carbons (Fsp3) is 0.303. The molecule has 1 saturated heterocycles. The van der Waals surface area contributed by atoms with Gasteiger partial charge in [0, 0.05) is 67.7 Å². The maximum absolute atomic E-state index is 13.9. The van der Waals surface area contributed by atoms with Crippen molar-refractivity contribution in [3.05, 3.63) is 75.6 Å². The van der Waals surface area contributed by atoms with Crippen molar-refractivity contribution >= 4 is 62.9 Å². The number of nitrogens with one attached hydrogen (secondary N) is 2. The van der Waals surface area contributed by atoms with Crippen molar-refractivity contribution in [2.75, 3.05) is 62.5 Å². The number of aryl methyl sites for hydroxylation is 1. The van der Waals surface area contributed by atoms with Crippen LogP contribution >= 0.6 is 23.2 Å². The van der Waals surface area contributed by atoms with Crippen LogP contribution in [0.3, 0.4) is 0 Å². The summed E-state index contributed by atoms with van der Waals surface area (Å²) in [7, 11) is 2.97. The van der Waals surface area contributed by atoms with E-state index in [0.717, 1.165) is 38.4 Å². The van der Waals surface area contributed by atoms with E-state index in [4.69, 9.17) is 32.7 Å². The van der Waals surface area contributed by atoms with Gasteiger partial charge in [-0.25, -0.2) is 4.98 Å². The first-order chi connectivity index (χ1) is 21.7. The number of likely N-dealkylation sites (N-methyl/N-ethyl adjacent to an activating group) is 1. The van der Waals surface area contributed by atoms with Crippen molar-refractivity contribution in [3.8, 4) is 22.6 Å². The lowest BCUT2D eigenvalue weighted by Crippen LogP contribution is -2.46. The van der Waals surface area contributed by atoms with Gasteiger partial charge in [-0.15, -0.1) is 0 Å². The van der Waals surface area contributed by atoms with Gasteiger partial charge in [0.05, 0.1) is 46.7 Å². The summed E-state index contributed by atoms with van der Waals surface area (Å²) in [4.78, 5) is 35.6. The third kappa shape index (κ3) is 6.45. The summed E-state index contributed by atoms with van der Waals surface area (Å²) in [5, 5.41) is 7.36. The Morgan fingerprint density at radius 3 is 2.27 bits per heavy atom. The zero-order chi connectivity index (χ0) is 32.2. The Labute approximate surface area is 272 Å². The van der Waals surface area contributed by atoms with Gasteiger partial charge in [0.2, 0.25) is 5.91 Å². The van der Waals surface area contributed by atoms with Crippen LogP contribution in [-0.2, 0) is 11.3 Å². The predicted molar refractivity (Wildman–Crippen MR) is 183 cm³/mol. The van der Waals surface area contributed by atoms with Crippen molar-refractivity contribution in [1.82, 2.24) is 14.5 Å². The fourth-order valence-electron chi connectivity index (χ4n) is 5.54. The number of hydrogen-bond acceptors (Lipinski definition) is 8. The molecule has 0 atom stereocenters. The maximum atomic E-state index is 13.9. The molecule has 1 fully saturated rings. The standard InChI is InChI=1S/C33H36Cl2N6O4/c1-6-29(42)38-24-16-21(40-13-11-39(7-2)12-14-40)9-10-23(24)37-28-17-25-20(19-36-28)15-22(33(43)41(25)8-3)30-31(34)26(44-4)18-27(45-5)32(30)35/h6,9-10,15-19H,1,7-8,11-14H2,2-5H3,(H,36,37)(H,38,42). The lowest BCUT2D eigenvalue weighted by atomic mass is 10.0. The Bertz CT molecular complexity index is 1790. The largest absolute Gasteiger partial charge is 0.495 e. The summed E-state index contributed by atoms with van der Waals surface area (Å²) < 4.78 is 12.5. The second kappa shape index (κ2) is 13.8. The van der Waals surface area contributed by atoms with Crippen LogP contribution in [0, 0.1) is 0 Å². The van der Waals surface area contributed by atoms with Gasteiger partial charge >= 0.3 is 0 Å². The van der Waals surface area contributed by atoms with Gasteiger partial charge in [0.1, 0.15) is 17.3 Å². The van der Waals surface area contributed by atoms with E-state index in [1.165, 1.54) is 20.3 Å². The zero-order valence-electron chi connectivity index (χ0n) is 25.7. The first-order valence-corrected chi connectivity index (χ1v) is 15.4. The van der Waals surface area contributed by atoms with Gasteiger partial charge < -0.3 is 34.5 Å². The van der Waals surface area contributed by atoms with Crippen molar-refractivity contribution in [2.24, 2.45) is 0 Å². The number of benzene rings is 2. The third-order valence-electron chi connectivity index (χ3n) is 8.03. The lowest BCUT2D eigenvalue weighted by molar-refractivity contribution is -0.111. The average Bonchev–Trinajstić information content (AvgIpc) is 3.06. The Balaban J connectivity index is 1.54. The molecule has 3 heterocycles. The minimum Gasteiger partial charge on any atom is -0.495 e. The number of ether oxygens (including phenoxy) is 2. The Hall–Kier alpha value is -4.25. The number of pyridine rings is 2. The van der Waals surface area contributed by atoms with E-state index in [1.807, 2.05) is 25.1 Å². The quantitative estimate of drug-likeness (QED) is 0.190. The normalized spacial score (nSPS) is 13.5. The molecular formula is C33H36Cl2N6O4. The first-order valence-electron chi connectivity index (χ1n) is 14.7. The smallest absolute Gasteiger partial charge is 0.259 e. The summed E-state index contributed by atoms with van der Waals surface area (Å²) >= 11 is 13.3. The predicted octanol–water partition coefficient (Wildman–Crippen LogP) is 6.42. The van der Waals surface area contributed by atoms with Gasteiger partial charge in [-0.2, -0.15) is 0 Å². The summed E-state index contributed by atoms with van der Waals surface area (Å²) in [6, 6.07) is 11.0. The summed E-state index contributed by atoms with van der Waals surface area (Å²) in [5.41, 5.74) is 3.25. The number of hydrogen-bond donors (Lipinski definition) is 2. The van der Waals surface area contributed by atoms with Gasteiger partial charge in [-0.3, -0.25) is 9.59 Å². The number of methoxy groups -OCH3 is 2. The molecule has 1 amide bonds. The molecule has 2 aromatic heterocycles. The number of aromatic nitrogens is 2. The van der Waals surface area contributed by atoms with E-state index >= 15 is 0 Å². The van der Waals surface area contributed by atoms with Crippen LogP contribution < -0.4 is 30.6 Å². The SMILES string of the molecule is C=CC(=O)Nc1cc(N2CCN(CC)CC2)ccc1Nc1cc2c(cn1)cc(-c1c(Cl)c(OC)cc(OC)c1Cl)c(=O)n2CC. The van der Waals surface area contributed by atoms with Crippen LogP contribution in [-0.4, -0.2) is 67.3 Å². The van der Waals surface area contributed by atoms with E-state index < -0.39 is 0 Å². The highest BCUT2D eigenvalue weighted by molar-refractivity contribution is 6.41. The Morgan fingerprint density at radius 1 is 0.978 bits per heavy atom. The van der Waals surface area contributed by atoms with Crippen LogP contribution in [0.1, 0.15) is 13.8 Å². The fourth-order valence-corrected chi connectivity index (χ4v) is 6.25. The van der Waals surface area contributed by atoms with Crippen LogP contribution in [0.5, 0.6) is 11.5 Å². The number of fused-ring (bicyclic) bond motifs is 1. The van der Waals surface area contributed by atoms with Crippen molar-refractivity contribution in [2.45, 2.75) is 20.4 Å². The number of rotatable bonds is 10. The molecule has 4 aromatic rings. The molecule has 0 bridgehead atoms. The minimum absolute atomic E-state index is 0.207. The first kappa shape index (κ1) is 32.2. The van der Waals surface area contributed by atoms with Crippen LogP contribution in [0.15, 0.2) is 60.0 Å². The molecule has 0 radical (unpaired) electrons. The molecule has 1 aliphatic heterocycles. The summed E-state index contributed by atoms with van der Waals surface area (Å²) in [6.07, 6.45) is 2.91. The maximum Gasteiger partial charge on any atom is 0.259 e. The molecule has 236 valence electrons.